The molecule has 4 nitrogen and oxygen atoms in total. The number of rotatable bonds is 8. The van der Waals surface area contributed by atoms with Crippen LogP contribution in [0.4, 0.5) is 0 Å². The fraction of sp³-hybridized carbons (Fsp3) is 0.294. The predicted octanol–water partition coefficient (Wildman–Crippen LogP) is 12.2. The van der Waals surface area contributed by atoms with E-state index in [1.807, 2.05) is 40.8 Å². The molecule has 5 N–H and O–H groups in total. The molecule has 0 saturated heterocycles. The van der Waals surface area contributed by atoms with E-state index in [1.54, 1.807) is 6.20 Å². The normalized spacial score (nSPS) is 16.4. The van der Waals surface area contributed by atoms with Crippen LogP contribution >= 0.6 is 0 Å². The van der Waals surface area contributed by atoms with E-state index in [9.17, 15) is 0 Å². The van der Waals surface area contributed by atoms with Crippen molar-refractivity contribution in [2.45, 2.75) is 86.4 Å². The van der Waals surface area contributed by atoms with Gasteiger partial charge in [-0.1, -0.05) is 161 Å². The first-order chi connectivity index (χ1) is 26.7. The van der Waals surface area contributed by atoms with E-state index in [-0.39, 0.29) is 11.6 Å². The van der Waals surface area contributed by atoms with Crippen LogP contribution in [-0.4, -0.2) is 18.5 Å². The minimum atomic E-state index is -0.340. The molecule has 1 heterocycles. The molecule has 2 aliphatic rings. The van der Waals surface area contributed by atoms with E-state index >= 15 is 0 Å². The van der Waals surface area contributed by atoms with Crippen LogP contribution in [0.25, 0.3) is 11.1 Å². The average molecular weight is 735 g/mol. The summed E-state index contributed by atoms with van der Waals surface area (Å²) in [5, 5.41) is 3.60. The van der Waals surface area contributed by atoms with Crippen LogP contribution in [0.1, 0.15) is 101 Å². The average Bonchev–Trinajstić information content (AvgIpc) is 3.26. The number of benzene rings is 4. The number of fused-ring (bicyclic) bond motifs is 1. The second-order valence-corrected chi connectivity index (χ2v) is 13.9. The minimum absolute atomic E-state index is 0.0225. The molecule has 0 aromatic heterocycles. The lowest BCUT2D eigenvalue weighted by molar-refractivity contribution is 0.181. The highest BCUT2D eigenvalue weighted by atomic mass is 15.2. The molecule has 1 aliphatic carbocycles. The lowest BCUT2D eigenvalue weighted by Crippen LogP contribution is -2.44. The Balaban J connectivity index is 0.000000537. The molecule has 1 unspecified atom stereocenters. The molecule has 6 rings (SSSR count). The van der Waals surface area contributed by atoms with Crippen molar-refractivity contribution in [1.82, 2.24) is 10.2 Å². The Labute approximate surface area is 333 Å². The van der Waals surface area contributed by atoms with Crippen LogP contribution in [-0.2, 0) is 12.1 Å². The van der Waals surface area contributed by atoms with Gasteiger partial charge in [-0.05, 0) is 122 Å². The third kappa shape index (κ3) is 11.4. The molecule has 0 bridgehead atoms. The van der Waals surface area contributed by atoms with Gasteiger partial charge in [0.25, 0.3) is 0 Å². The Morgan fingerprint density at radius 1 is 0.818 bits per heavy atom. The highest BCUT2D eigenvalue weighted by molar-refractivity contribution is 5.76. The zero-order valence-corrected chi connectivity index (χ0v) is 35.0. The first kappa shape index (κ1) is 44.2. The molecule has 4 aromatic carbocycles. The van der Waals surface area contributed by atoms with Crippen molar-refractivity contribution in [2.75, 3.05) is 13.6 Å². The summed E-state index contributed by atoms with van der Waals surface area (Å²) < 4.78 is 0. The van der Waals surface area contributed by atoms with Crippen LogP contribution in [0, 0.1) is 6.92 Å². The molecule has 0 fully saturated rings. The molecule has 0 radical (unpaired) electrons. The van der Waals surface area contributed by atoms with E-state index in [0.29, 0.717) is 13.1 Å². The predicted molar refractivity (Wildman–Crippen MR) is 241 cm³/mol. The van der Waals surface area contributed by atoms with Gasteiger partial charge in [0.2, 0.25) is 0 Å². The highest BCUT2D eigenvalue weighted by Crippen LogP contribution is 2.45. The Hall–Kier alpha value is -5.16. The number of nitrogens with two attached hydrogens (primary N) is 2. The van der Waals surface area contributed by atoms with Crippen molar-refractivity contribution in [3.63, 3.8) is 0 Å². The molecule has 4 heteroatoms. The van der Waals surface area contributed by atoms with Crippen LogP contribution in [0.15, 0.2) is 169 Å². The van der Waals surface area contributed by atoms with E-state index < -0.39 is 0 Å². The van der Waals surface area contributed by atoms with Gasteiger partial charge in [0, 0.05) is 18.8 Å². The van der Waals surface area contributed by atoms with Crippen molar-refractivity contribution in [2.24, 2.45) is 11.5 Å². The zero-order valence-electron chi connectivity index (χ0n) is 35.0. The fourth-order valence-corrected chi connectivity index (χ4v) is 7.21. The smallest absolute Gasteiger partial charge is 0.0607 e. The monoisotopic (exact) mass is 735 g/mol. The number of nitrogens with one attached hydrogen (secondary N) is 1. The van der Waals surface area contributed by atoms with Gasteiger partial charge in [-0.15, -0.1) is 0 Å². The second kappa shape index (κ2) is 22.3. The number of aryl methyl sites for hydroxylation is 1. The topological polar surface area (TPSA) is 67.3 Å². The van der Waals surface area contributed by atoms with E-state index in [1.165, 1.54) is 61.4 Å². The van der Waals surface area contributed by atoms with Gasteiger partial charge < -0.3 is 21.7 Å². The maximum Gasteiger partial charge on any atom is 0.0607 e. The van der Waals surface area contributed by atoms with Crippen molar-refractivity contribution in [3.05, 3.63) is 202 Å². The lowest BCUT2D eigenvalue weighted by Gasteiger charge is -2.45. The molecule has 0 spiro atoms. The summed E-state index contributed by atoms with van der Waals surface area (Å²) in [5.41, 5.74) is 26.0. The van der Waals surface area contributed by atoms with Gasteiger partial charge in [0.05, 0.1) is 11.6 Å². The van der Waals surface area contributed by atoms with Crippen molar-refractivity contribution in [1.29, 1.82) is 0 Å². The van der Waals surface area contributed by atoms with E-state index in [4.69, 9.17) is 11.5 Å². The van der Waals surface area contributed by atoms with Gasteiger partial charge in [-0.3, -0.25) is 0 Å². The van der Waals surface area contributed by atoms with Crippen molar-refractivity contribution >= 4 is 11.1 Å². The van der Waals surface area contributed by atoms with Crippen LogP contribution < -0.4 is 16.8 Å². The molecule has 4 aromatic rings. The fourth-order valence-electron chi connectivity index (χ4n) is 7.21. The maximum absolute atomic E-state index is 5.90. The van der Waals surface area contributed by atoms with Gasteiger partial charge in [-0.25, -0.2) is 0 Å². The van der Waals surface area contributed by atoms with E-state index in [2.05, 4.69) is 172 Å². The molecule has 0 amide bonds. The summed E-state index contributed by atoms with van der Waals surface area (Å²) in [6.45, 7) is 23.0. The summed E-state index contributed by atoms with van der Waals surface area (Å²) in [7, 11) is 2.03. The van der Waals surface area contributed by atoms with E-state index in [0.717, 1.165) is 18.4 Å². The molecular weight excluding hydrogens is 669 g/mol. The third-order valence-corrected chi connectivity index (χ3v) is 10.1. The van der Waals surface area contributed by atoms with Gasteiger partial charge in [-0.2, -0.15) is 0 Å². The molecule has 290 valence electrons. The molecular formula is C51H66N4. The van der Waals surface area contributed by atoms with Gasteiger partial charge >= 0.3 is 0 Å². The SMILES string of the molecule is C=C1/C=C(\C)c2ccccc2C(C)(C)N(C/C(=C\C=C/N)C(NC)c2ccccc2)C2=C1CCC(c1ccccc1)=C2.CC.CC.Cc1ccc(CN)cc1. The Morgan fingerprint density at radius 2 is 1.42 bits per heavy atom. The molecule has 1 aliphatic heterocycles. The Morgan fingerprint density at radius 3 is 2.02 bits per heavy atom. The molecule has 55 heavy (non-hydrogen) atoms. The minimum Gasteiger partial charge on any atom is -0.405 e. The van der Waals surface area contributed by atoms with Crippen LogP contribution in [0.3, 0.4) is 0 Å². The highest BCUT2D eigenvalue weighted by Gasteiger charge is 2.36. The number of hydrogen-bond acceptors (Lipinski definition) is 4. The molecule has 0 saturated carbocycles. The number of allylic oxidation sites excluding steroid dienone is 8. The zero-order chi connectivity index (χ0) is 40.4. The standard InChI is InChI=1S/C39H43N3.C8H11N.2C2H6/c1-28-25-29(2)35-23-22-32(30-15-8-6-9-16-30)26-37(35)42(39(3,4)36-21-13-12-20-34(28)36)27-33(19-14-24-40)38(41-5)31-17-10-7-11-18-31;1-7-2-4-8(6-9)5-3-7;2*1-2/h6-21,24-26,38,41H,2,22-23,27,40H2,1,3-5H3;2-5H,6,9H2,1H3;2*1-2H3/b24-14-,28-25+,33-19+;;;. The summed E-state index contributed by atoms with van der Waals surface area (Å²) in [6.07, 6.45) is 12.4. The first-order valence-corrected chi connectivity index (χ1v) is 20.0. The largest absolute Gasteiger partial charge is 0.405 e. The summed E-state index contributed by atoms with van der Waals surface area (Å²) in [4.78, 5) is 2.60. The lowest BCUT2D eigenvalue weighted by atomic mass is 9.83. The summed E-state index contributed by atoms with van der Waals surface area (Å²) in [5.74, 6) is 0. The maximum atomic E-state index is 5.90. The first-order valence-electron chi connectivity index (χ1n) is 20.0. The van der Waals surface area contributed by atoms with Gasteiger partial charge in [0.1, 0.15) is 0 Å². The second-order valence-electron chi connectivity index (χ2n) is 13.9. The summed E-state index contributed by atoms with van der Waals surface area (Å²) >= 11 is 0. The van der Waals surface area contributed by atoms with Gasteiger partial charge in [0.15, 0.2) is 0 Å². The summed E-state index contributed by atoms with van der Waals surface area (Å²) in [6, 6.07) is 38.5. The Kier molecular flexibility index (Phi) is 17.9. The quantitative estimate of drug-likeness (QED) is 0.158. The van der Waals surface area contributed by atoms with Crippen LogP contribution in [0.5, 0.6) is 0 Å². The van der Waals surface area contributed by atoms with Crippen molar-refractivity contribution < 1.29 is 0 Å². The number of hydrogen-bond donors (Lipinski definition) is 3. The third-order valence-electron chi connectivity index (χ3n) is 10.1. The number of nitrogens with zero attached hydrogens (tertiary/aromatic N) is 1. The van der Waals surface area contributed by atoms with Crippen LogP contribution in [0.2, 0.25) is 0 Å². The molecule has 1 atom stereocenters. The Bertz CT molecular complexity index is 1940. The van der Waals surface area contributed by atoms with Crippen molar-refractivity contribution in [3.8, 4) is 0 Å². The number of likely N-dealkylation sites (N-methyl/N-ethyl adjacent to an activating group) is 1.